The summed E-state index contributed by atoms with van der Waals surface area (Å²) in [6.07, 6.45) is 1.01. The van der Waals surface area contributed by atoms with Crippen LogP contribution in [-0.4, -0.2) is 68.6 Å². The predicted octanol–water partition coefficient (Wildman–Crippen LogP) is 0.360. The average Bonchev–Trinajstić information content (AvgIpc) is 2.29. The SMILES string of the molecule is CCCNC(CN(CCN(C)C)CC(C)C)C(N)=O. The van der Waals surface area contributed by atoms with Crippen molar-refractivity contribution in [2.24, 2.45) is 11.7 Å². The predicted molar refractivity (Wildman–Crippen MR) is 81.1 cm³/mol. The molecule has 114 valence electrons. The van der Waals surface area contributed by atoms with E-state index in [4.69, 9.17) is 5.73 Å². The largest absolute Gasteiger partial charge is 0.368 e. The summed E-state index contributed by atoms with van der Waals surface area (Å²) in [6.45, 7) is 10.9. The Kier molecular flexibility index (Phi) is 9.83. The molecule has 0 aromatic heterocycles. The fraction of sp³-hybridized carbons (Fsp3) is 0.929. The zero-order chi connectivity index (χ0) is 14.8. The van der Waals surface area contributed by atoms with Crippen LogP contribution in [0.1, 0.15) is 27.2 Å². The van der Waals surface area contributed by atoms with Gasteiger partial charge in [-0.05, 0) is 33.0 Å². The molecule has 0 saturated heterocycles. The Bertz CT molecular complexity index is 244. The molecule has 3 N–H and O–H groups in total. The van der Waals surface area contributed by atoms with Crippen LogP contribution in [0.4, 0.5) is 0 Å². The molecule has 0 aliphatic heterocycles. The highest BCUT2D eigenvalue weighted by Crippen LogP contribution is 2.01. The summed E-state index contributed by atoms with van der Waals surface area (Å²) in [5.74, 6) is 0.328. The standard InChI is InChI=1S/C14H32N4O/c1-6-7-16-13(14(15)19)11-18(10-12(2)3)9-8-17(4)5/h12-13,16H,6-11H2,1-5H3,(H2,15,19). The molecule has 0 aliphatic carbocycles. The maximum absolute atomic E-state index is 11.5. The Morgan fingerprint density at radius 1 is 1.21 bits per heavy atom. The molecule has 0 aliphatic rings. The van der Waals surface area contributed by atoms with Gasteiger partial charge in [-0.1, -0.05) is 20.8 Å². The van der Waals surface area contributed by atoms with Gasteiger partial charge < -0.3 is 16.0 Å². The molecule has 1 atom stereocenters. The normalized spacial score (nSPS) is 13.5. The van der Waals surface area contributed by atoms with Crippen LogP contribution >= 0.6 is 0 Å². The number of carbonyl (C=O) groups is 1. The number of nitrogens with two attached hydrogens (primary N) is 1. The first-order valence-corrected chi connectivity index (χ1v) is 7.26. The number of nitrogens with zero attached hydrogens (tertiary/aromatic N) is 2. The van der Waals surface area contributed by atoms with Gasteiger partial charge in [0.15, 0.2) is 0 Å². The second-order valence-corrected chi connectivity index (χ2v) is 5.87. The van der Waals surface area contributed by atoms with Crippen LogP contribution in [0.15, 0.2) is 0 Å². The van der Waals surface area contributed by atoms with E-state index in [0.29, 0.717) is 12.5 Å². The van der Waals surface area contributed by atoms with Crippen molar-refractivity contribution in [2.75, 3.05) is 46.8 Å². The number of amides is 1. The average molecular weight is 272 g/mol. The maximum atomic E-state index is 11.5. The van der Waals surface area contributed by atoms with Crippen LogP contribution < -0.4 is 11.1 Å². The van der Waals surface area contributed by atoms with Gasteiger partial charge in [0.1, 0.15) is 0 Å². The molecule has 0 aromatic carbocycles. The second kappa shape index (κ2) is 10.2. The Balaban J connectivity index is 4.41. The zero-order valence-corrected chi connectivity index (χ0v) is 13.3. The van der Waals surface area contributed by atoms with E-state index in [1.165, 1.54) is 0 Å². The van der Waals surface area contributed by atoms with Crippen molar-refractivity contribution in [2.45, 2.75) is 33.2 Å². The molecule has 0 bridgehead atoms. The third-order valence-electron chi connectivity index (χ3n) is 2.91. The van der Waals surface area contributed by atoms with Gasteiger partial charge in [-0.2, -0.15) is 0 Å². The lowest BCUT2D eigenvalue weighted by Gasteiger charge is -2.29. The van der Waals surface area contributed by atoms with E-state index in [-0.39, 0.29) is 11.9 Å². The van der Waals surface area contributed by atoms with Crippen molar-refractivity contribution in [3.8, 4) is 0 Å². The molecule has 0 radical (unpaired) electrons. The smallest absolute Gasteiger partial charge is 0.235 e. The quantitative estimate of drug-likeness (QED) is 0.570. The number of hydrogen-bond acceptors (Lipinski definition) is 4. The van der Waals surface area contributed by atoms with Gasteiger partial charge in [0.25, 0.3) is 0 Å². The van der Waals surface area contributed by atoms with Crippen molar-refractivity contribution < 1.29 is 4.79 Å². The first-order chi connectivity index (χ1) is 8.86. The van der Waals surface area contributed by atoms with Crippen LogP contribution in [0.5, 0.6) is 0 Å². The van der Waals surface area contributed by atoms with Crippen molar-refractivity contribution in [1.82, 2.24) is 15.1 Å². The monoisotopic (exact) mass is 272 g/mol. The Hall–Kier alpha value is -0.650. The van der Waals surface area contributed by atoms with Crippen LogP contribution in [0.25, 0.3) is 0 Å². The van der Waals surface area contributed by atoms with Crippen molar-refractivity contribution >= 4 is 5.91 Å². The zero-order valence-electron chi connectivity index (χ0n) is 13.3. The number of hydrogen-bond donors (Lipinski definition) is 2. The lowest BCUT2D eigenvalue weighted by Crippen LogP contribution is -2.51. The lowest BCUT2D eigenvalue weighted by molar-refractivity contribution is -0.120. The molecule has 1 amide bonds. The van der Waals surface area contributed by atoms with E-state index in [9.17, 15) is 4.79 Å². The first kappa shape index (κ1) is 18.4. The fourth-order valence-corrected chi connectivity index (χ4v) is 1.95. The topological polar surface area (TPSA) is 61.6 Å². The van der Waals surface area contributed by atoms with Gasteiger partial charge >= 0.3 is 0 Å². The summed E-state index contributed by atoms with van der Waals surface area (Å²) in [4.78, 5) is 16.0. The summed E-state index contributed by atoms with van der Waals surface area (Å²) in [7, 11) is 4.13. The van der Waals surface area contributed by atoms with Gasteiger partial charge in [0.2, 0.25) is 5.91 Å². The maximum Gasteiger partial charge on any atom is 0.235 e. The van der Waals surface area contributed by atoms with E-state index in [1.807, 2.05) is 0 Å². The van der Waals surface area contributed by atoms with E-state index in [0.717, 1.165) is 32.6 Å². The van der Waals surface area contributed by atoms with Gasteiger partial charge in [-0.25, -0.2) is 0 Å². The van der Waals surface area contributed by atoms with Crippen LogP contribution in [-0.2, 0) is 4.79 Å². The molecule has 1 unspecified atom stereocenters. The summed E-state index contributed by atoms with van der Waals surface area (Å²) < 4.78 is 0. The van der Waals surface area contributed by atoms with Crippen molar-refractivity contribution in [1.29, 1.82) is 0 Å². The number of rotatable bonds is 11. The molecule has 0 rings (SSSR count). The second-order valence-electron chi connectivity index (χ2n) is 5.87. The number of nitrogens with one attached hydrogen (secondary N) is 1. The van der Waals surface area contributed by atoms with E-state index in [1.54, 1.807) is 0 Å². The van der Waals surface area contributed by atoms with Gasteiger partial charge in [-0.15, -0.1) is 0 Å². The van der Waals surface area contributed by atoms with E-state index < -0.39 is 0 Å². The molecular formula is C14H32N4O. The molecule has 0 aromatic rings. The van der Waals surface area contributed by atoms with Crippen LogP contribution in [0, 0.1) is 5.92 Å². The number of carbonyl (C=O) groups excluding carboxylic acids is 1. The molecule has 5 heteroatoms. The molecule has 0 spiro atoms. The van der Waals surface area contributed by atoms with Gasteiger partial charge in [0, 0.05) is 26.2 Å². The first-order valence-electron chi connectivity index (χ1n) is 7.26. The minimum absolute atomic E-state index is 0.249. The molecule has 0 heterocycles. The van der Waals surface area contributed by atoms with Crippen molar-refractivity contribution in [3.05, 3.63) is 0 Å². The molecule has 0 saturated carbocycles. The third kappa shape index (κ3) is 9.87. The molecule has 19 heavy (non-hydrogen) atoms. The lowest BCUT2D eigenvalue weighted by atomic mass is 10.1. The molecular weight excluding hydrogens is 240 g/mol. The van der Waals surface area contributed by atoms with Gasteiger partial charge in [-0.3, -0.25) is 9.69 Å². The highest BCUT2D eigenvalue weighted by atomic mass is 16.1. The highest BCUT2D eigenvalue weighted by Gasteiger charge is 2.19. The van der Waals surface area contributed by atoms with Crippen LogP contribution in [0.3, 0.4) is 0 Å². The summed E-state index contributed by atoms with van der Waals surface area (Å²) in [5, 5.41) is 3.23. The fourth-order valence-electron chi connectivity index (χ4n) is 1.95. The summed E-state index contributed by atoms with van der Waals surface area (Å²) >= 11 is 0. The number of likely N-dealkylation sites (N-methyl/N-ethyl adjacent to an activating group) is 1. The Morgan fingerprint density at radius 3 is 2.26 bits per heavy atom. The number of primary amides is 1. The molecule has 0 fully saturated rings. The minimum atomic E-state index is -0.257. The van der Waals surface area contributed by atoms with Crippen LogP contribution in [0.2, 0.25) is 0 Å². The van der Waals surface area contributed by atoms with Crippen molar-refractivity contribution in [3.63, 3.8) is 0 Å². The summed E-state index contributed by atoms with van der Waals surface area (Å²) in [5.41, 5.74) is 5.47. The van der Waals surface area contributed by atoms with E-state index in [2.05, 4.69) is 50.0 Å². The Morgan fingerprint density at radius 2 is 1.84 bits per heavy atom. The summed E-state index contributed by atoms with van der Waals surface area (Å²) in [6, 6.07) is -0.249. The third-order valence-corrected chi connectivity index (χ3v) is 2.91. The highest BCUT2D eigenvalue weighted by molar-refractivity contribution is 5.80. The minimum Gasteiger partial charge on any atom is -0.368 e. The van der Waals surface area contributed by atoms with Gasteiger partial charge in [0.05, 0.1) is 6.04 Å². The molecule has 5 nitrogen and oxygen atoms in total. The Labute approximate surface area is 118 Å². The van der Waals surface area contributed by atoms with E-state index >= 15 is 0 Å².